The largest absolute Gasteiger partial charge is 4.00 e. The summed E-state index contributed by atoms with van der Waals surface area (Å²) in [4.78, 5) is 27.1. The molecule has 0 aromatic heterocycles. The molecule has 0 amide bonds. The minimum absolute atomic E-state index is 0. The number of guanidine groups is 4. The van der Waals surface area contributed by atoms with Gasteiger partial charge in [0.2, 0.25) is 0 Å². The van der Waals surface area contributed by atoms with E-state index in [4.69, 9.17) is 0 Å². The number of hydrogen-bond donors (Lipinski definition) is 1. The van der Waals surface area contributed by atoms with E-state index >= 15 is 0 Å². The van der Waals surface area contributed by atoms with Crippen LogP contribution < -0.4 is 5.32 Å². The van der Waals surface area contributed by atoms with Crippen molar-refractivity contribution in [1.82, 2.24) is 29.8 Å². The van der Waals surface area contributed by atoms with Crippen LogP contribution in [-0.2, 0) is 109 Å². The Kier molecular flexibility index (Phi) is 270. The molecule has 692 valence electrons. The summed E-state index contributed by atoms with van der Waals surface area (Å²) in [6.07, 6.45) is 2.40. The first-order chi connectivity index (χ1) is 51.5. The Hall–Kier alpha value is -0.0686. The van der Waals surface area contributed by atoms with Gasteiger partial charge in [0.05, 0.1) is 0 Å². The van der Waals surface area contributed by atoms with Gasteiger partial charge >= 0.3 is 109 Å². The third-order valence-corrected chi connectivity index (χ3v) is 9.10. The van der Waals surface area contributed by atoms with E-state index in [2.05, 4.69) is 259 Å². The number of rotatable bonds is 27. The van der Waals surface area contributed by atoms with E-state index in [0.29, 0.717) is 42.3 Å². The Labute approximate surface area is 799 Å². The van der Waals surface area contributed by atoms with Crippen LogP contribution in [0.2, 0.25) is 0 Å². The molecule has 0 bridgehead atoms. The fraction of sp³-hybridized carbons (Fsp3) is 0.950. The second-order valence-electron chi connectivity index (χ2n) is 25.1. The van der Waals surface area contributed by atoms with Gasteiger partial charge in [0, 0.05) is 29.9 Å². The van der Waals surface area contributed by atoms with Crippen LogP contribution in [0.15, 0.2) is 20.0 Å². The zero-order valence-corrected chi connectivity index (χ0v) is 94.0. The zero-order valence-electron chi connectivity index (χ0n) is 86.2. The minimum atomic E-state index is 0. The number of nitrogens with zero attached hydrogens (tertiary/aromatic N) is 29. The van der Waals surface area contributed by atoms with Crippen molar-refractivity contribution in [2.45, 2.75) is 221 Å². The maximum atomic E-state index is 4.53. The van der Waals surface area contributed by atoms with Gasteiger partial charge < -0.3 is 156 Å². The number of hydrogen-bond acceptors (Lipinski definition) is 6. The summed E-state index contributed by atoms with van der Waals surface area (Å²) < 4.78 is 0. The molecule has 0 aliphatic heterocycles. The summed E-state index contributed by atoms with van der Waals surface area (Å²) in [6, 6.07) is 2.41. The van der Waals surface area contributed by atoms with Gasteiger partial charge in [-0.05, 0) is 127 Å². The van der Waals surface area contributed by atoms with Crippen molar-refractivity contribution < 1.29 is 109 Å². The molecule has 0 aromatic rings. The molecule has 1 unspecified atom stereocenters. The molecule has 1 atom stereocenters. The molecule has 0 rings (SSSR count). The van der Waals surface area contributed by atoms with Gasteiger partial charge in [0.25, 0.3) is 0 Å². The maximum Gasteiger partial charge on any atom is 4.00 e. The molecule has 35 heteroatoms. The fourth-order valence-corrected chi connectivity index (χ4v) is 4.84. The van der Waals surface area contributed by atoms with Gasteiger partial charge in [-0.2, -0.15) is 206 Å². The monoisotopic (exact) mass is 1820 g/mol. The zero-order chi connectivity index (χ0) is 91.1. The van der Waals surface area contributed by atoms with E-state index in [1.807, 2.05) is 120 Å². The molecular weight excluding hydrogens is 1620 g/mol. The standard InChI is InChI=1S/C10H22N3.C9H22N3.C9H20N3.C7H16N3.2C7H16N2.C6H14N3.3C3H8N.8C2H6N.5Ti/c1-7-13(6)10(11-8(2)3)12-9(4)5;2*1-7(2)10-9(12(5)6)11-8(3)4;1-6(2)9-7(8-3)10(4)5;2*1-3-8-6-5-7-9-4-2;1-5-8-6(7-2)9(3)4;3*1-3-4-2;8*1-3-2;;;;;/h8-9H,7H2,1-6H3;7-10H,1-6H3;7-8H,1-6H3;6H,1-5H3;2*3-7H2,1-2H3;5H2,1-4H3;3*3H2,1-2H3;8*1-2H3;;;;;/q4*-1;2*-2;12*-1;4*+3;+4. The Morgan fingerprint density at radius 2 is 0.530 bits per heavy atom. The van der Waals surface area contributed by atoms with E-state index < -0.39 is 0 Å². The van der Waals surface area contributed by atoms with Crippen molar-refractivity contribution in [3.05, 3.63) is 106 Å². The molecule has 115 heavy (non-hydrogen) atoms. The van der Waals surface area contributed by atoms with E-state index in [1.165, 1.54) is 0 Å². The summed E-state index contributed by atoms with van der Waals surface area (Å²) in [5.41, 5.74) is 0. The van der Waals surface area contributed by atoms with Gasteiger partial charge in [-0.15, -0.1) is 6.04 Å². The van der Waals surface area contributed by atoms with Crippen LogP contribution in [0.5, 0.6) is 0 Å². The van der Waals surface area contributed by atoms with Crippen LogP contribution in [0.3, 0.4) is 0 Å². The predicted octanol–water partition coefficient (Wildman–Crippen LogP) is 20.7. The predicted molar refractivity (Wildman–Crippen MR) is 520 cm³/mol. The summed E-state index contributed by atoms with van der Waals surface area (Å²) in [7, 11) is 54.7. The molecule has 0 saturated heterocycles. The van der Waals surface area contributed by atoms with Crippen LogP contribution >= 0.6 is 0 Å². The molecule has 1 N–H and O–H groups in total. The Bertz CT molecular complexity index is 1440. The molecule has 0 fully saturated rings. The second kappa shape index (κ2) is 176. The number of nitrogens with one attached hydrogen (secondary N) is 1. The van der Waals surface area contributed by atoms with Gasteiger partial charge in [0.1, 0.15) is 0 Å². The van der Waals surface area contributed by atoms with Crippen molar-refractivity contribution in [1.29, 1.82) is 0 Å². The molecule has 0 aromatic carbocycles. The third kappa shape index (κ3) is 276. The van der Waals surface area contributed by atoms with Crippen LogP contribution in [0.25, 0.3) is 106 Å². The molecule has 0 aliphatic carbocycles. The molecule has 4 radical (unpaired) electrons. The van der Waals surface area contributed by atoms with E-state index in [1.54, 1.807) is 148 Å². The molecule has 0 heterocycles. The minimum Gasteiger partial charge on any atom is -0.668 e. The first-order valence-corrected chi connectivity index (χ1v) is 39.3. The second-order valence-corrected chi connectivity index (χ2v) is 25.1. The average Bonchev–Trinajstić information content (AvgIpc) is 0.969. The van der Waals surface area contributed by atoms with E-state index in [9.17, 15) is 0 Å². The molecular formula is C80H198N30Ti5-4. The molecule has 0 saturated carbocycles. The fourth-order valence-electron chi connectivity index (χ4n) is 4.84. The van der Waals surface area contributed by atoms with Gasteiger partial charge in [0.15, 0.2) is 0 Å². The van der Waals surface area contributed by atoms with Gasteiger partial charge in [-0.25, -0.2) is 0 Å². The van der Waals surface area contributed by atoms with Crippen LogP contribution in [0.1, 0.15) is 172 Å². The van der Waals surface area contributed by atoms with Crippen LogP contribution in [0, 0.1) is 0 Å². The topological polar surface area (TPSA) is 360 Å². The Morgan fingerprint density at radius 3 is 0.661 bits per heavy atom. The summed E-state index contributed by atoms with van der Waals surface area (Å²) >= 11 is 0. The average molecular weight is 1820 g/mol. The molecule has 30 nitrogen and oxygen atoms in total. The SMILES string of the molecule is CC(C)N=C([N-]C(C)C)N(C)C.CC(C)[N-]C(NC(C)C)N(C)C.CCN(C)C(=NC(C)C)[N-]C(C)C.CCN=C([N-]C)N(C)C.CC[N-]C.CC[N-]C.CC[N-]C.CC[N-]CCC[N-]CC.CC[N-]CCC[N-]CC.C[N-]C.C[N-]C.C[N-]C.C[N-]C.C[N-]C.C[N-]C.C[N-]C.C[N-]C.C[N-]C(=NC(C)C)N(C)C.[Ti+3].[Ti+3].[Ti+3].[Ti+3].[Ti+4]. The summed E-state index contributed by atoms with van der Waals surface area (Å²) in [6.45, 7) is 59.7. The third-order valence-electron chi connectivity index (χ3n) is 9.10. The normalized spacial score (nSPS) is 9.78. The summed E-state index contributed by atoms with van der Waals surface area (Å²) in [5, 5.41) is 80.7. The van der Waals surface area contributed by atoms with Crippen LogP contribution in [0.4, 0.5) is 0 Å². The first-order valence-electron chi connectivity index (χ1n) is 39.3. The first kappa shape index (κ1) is 177. The van der Waals surface area contributed by atoms with Gasteiger partial charge in [-0.1, -0.05) is 172 Å². The molecule has 0 spiro atoms. The van der Waals surface area contributed by atoms with Crippen molar-refractivity contribution >= 4 is 23.8 Å². The van der Waals surface area contributed by atoms with Crippen molar-refractivity contribution in [2.75, 3.05) is 297 Å². The van der Waals surface area contributed by atoms with E-state index in [-0.39, 0.29) is 115 Å². The Balaban J connectivity index is -0.0000000380. The molecule has 0 aliphatic rings. The summed E-state index contributed by atoms with van der Waals surface area (Å²) in [5.74, 6) is 3.31. The smallest absolute Gasteiger partial charge is 0.668 e. The Morgan fingerprint density at radius 1 is 0.313 bits per heavy atom. The maximum absolute atomic E-state index is 4.53. The number of aliphatic imine (C=N–C) groups is 4. The van der Waals surface area contributed by atoms with Crippen molar-refractivity contribution in [2.24, 2.45) is 20.0 Å². The van der Waals surface area contributed by atoms with E-state index in [0.717, 1.165) is 122 Å². The van der Waals surface area contributed by atoms with Gasteiger partial charge in [-0.3, -0.25) is 0 Å². The van der Waals surface area contributed by atoms with Crippen molar-refractivity contribution in [3.8, 4) is 0 Å². The van der Waals surface area contributed by atoms with Crippen LogP contribution in [-0.4, -0.2) is 393 Å². The quantitative estimate of drug-likeness (QED) is 0.0274. The van der Waals surface area contributed by atoms with Crippen molar-refractivity contribution in [3.63, 3.8) is 0 Å².